The molecular weight excluding hydrogens is 1730 g/mol. The number of rotatable bonds is 19. The summed E-state index contributed by atoms with van der Waals surface area (Å²) in [6, 6.07) is 36.5. The van der Waals surface area contributed by atoms with Crippen LogP contribution in [0.15, 0.2) is 121 Å². The molecule has 0 aliphatic carbocycles. The van der Waals surface area contributed by atoms with E-state index in [4.69, 9.17) is 139 Å². The molecule has 0 aromatic heterocycles. The largest absolute Gasteiger partial charge is 1.00 e. The summed E-state index contributed by atoms with van der Waals surface area (Å²) >= 11 is 43.6. The maximum atomic E-state index is 11.5. The van der Waals surface area contributed by atoms with E-state index in [1.54, 1.807) is 41.3 Å². The topological polar surface area (TPSA) is 374 Å². The van der Waals surface area contributed by atoms with Crippen molar-refractivity contribution >= 4 is 154 Å². The minimum absolute atomic E-state index is 0. The van der Waals surface area contributed by atoms with Crippen LogP contribution in [-0.4, -0.2) is 226 Å². The van der Waals surface area contributed by atoms with E-state index in [1.165, 1.54) is 45.0 Å². The van der Waals surface area contributed by atoms with Gasteiger partial charge in [-0.25, -0.2) is 24.2 Å². The first-order chi connectivity index (χ1) is 53.9. The molecular formula is C82H125BCl8N7Na2O19. The maximum Gasteiger partial charge on any atom is 1.00 e. The molecule has 5 aromatic rings. The van der Waals surface area contributed by atoms with Crippen molar-refractivity contribution in [2.24, 2.45) is 11.5 Å². The van der Waals surface area contributed by atoms with Crippen molar-refractivity contribution in [2.45, 2.75) is 178 Å². The van der Waals surface area contributed by atoms with Crippen LogP contribution in [0.4, 0.5) is 4.79 Å². The molecule has 26 nitrogen and oxygen atoms in total. The summed E-state index contributed by atoms with van der Waals surface area (Å²) in [5, 5.41) is 38.3. The van der Waals surface area contributed by atoms with Crippen molar-refractivity contribution in [2.75, 3.05) is 104 Å². The minimum atomic E-state index is -0.991. The van der Waals surface area contributed by atoms with Crippen LogP contribution in [0.5, 0.6) is 0 Å². The molecule has 4 fully saturated rings. The number of hydrogen-bond acceptors (Lipinski definition) is 22. The number of nitrogens with two attached hydrogens (primary N) is 2. The van der Waals surface area contributed by atoms with Crippen LogP contribution >= 0.6 is 92.8 Å². The molecule has 4 heterocycles. The smallest absolute Gasteiger partial charge is 1.00 e. The van der Waals surface area contributed by atoms with Gasteiger partial charge in [0.25, 0.3) is 0 Å². The Morgan fingerprint density at radius 3 is 1.27 bits per heavy atom. The predicted molar refractivity (Wildman–Crippen MR) is 471 cm³/mol. The summed E-state index contributed by atoms with van der Waals surface area (Å²) < 4.78 is 24.3. The number of nitrogens with one attached hydrogen (secondary N) is 3. The van der Waals surface area contributed by atoms with E-state index >= 15 is 0 Å². The third-order valence-corrected chi connectivity index (χ3v) is 16.8. The van der Waals surface area contributed by atoms with Crippen molar-refractivity contribution in [3.63, 3.8) is 0 Å². The molecule has 9 rings (SSSR count). The molecule has 4 saturated heterocycles. The molecule has 4 aliphatic heterocycles. The number of hydrogen-bond donors (Lipinski definition) is 8. The van der Waals surface area contributed by atoms with Gasteiger partial charge in [-0.3, -0.25) is 28.8 Å². The van der Waals surface area contributed by atoms with E-state index in [0.29, 0.717) is 67.9 Å². The van der Waals surface area contributed by atoms with Gasteiger partial charge >= 0.3 is 83.1 Å². The molecule has 3 amide bonds. The Kier molecular flexibility index (Phi) is 85.3. The predicted octanol–water partition coefficient (Wildman–Crippen LogP) is 7.77. The normalized spacial score (nSPS) is 14.5. The summed E-state index contributed by atoms with van der Waals surface area (Å²) in [5.41, 5.74) is 15.9. The number of alkyl halides is 2. The Hall–Kier alpha value is -4.45. The van der Waals surface area contributed by atoms with Gasteiger partial charge in [-0.2, -0.15) is 0 Å². The van der Waals surface area contributed by atoms with E-state index < -0.39 is 40.8 Å². The van der Waals surface area contributed by atoms with Crippen LogP contribution in [0.25, 0.3) is 0 Å². The summed E-state index contributed by atoms with van der Waals surface area (Å²) in [6.45, 7) is 25.4. The minimum Gasteiger partial charge on any atom is -1.00 e. The van der Waals surface area contributed by atoms with Gasteiger partial charge in [0.1, 0.15) is 29.9 Å². The molecule has 0 spiro atoms. The number of halogens is 8. The first kappa shape index (κ1) is 128. The Bertz CT molecular complexity index is 3420. The number of carbonyl (C=O) groups excluding carboxylic acids is 8. The third kappa shape index (κ3) is 75.8. The molecule has 4 aliphatic rings. The molecule has 663 valence electrons. The summed E-state index contributed by atoms with van der Waals surface area (Å²) in [7, 11) is 4.32. The number of piperidine rings is 1. The van der Waals surface area contributed by atoms with E-state index in [0.717, 1.165) is 97.0 Å². The van der Waals surface area contributed by atoms with Gasteiger partial charge in [-0.05, 0) is 185 Å². The summed E-state index contributed by atoms with van der Waals surface area (Å²) in [6.07, 6.45) is 6.51. The van der Waals surface area contributed by atoms with Crippen LogP contribution in [0.2, 0.25) is 25.1 Å². The zero-order valence-corrected chi connectivity index (χ0v) is 78.2. The van der Waals surface area contributed by atoms with Crippen molar-refractivity contribution in [3.05, 3.63) is 174 Å². The molecule has 0 bridgehead atoms. The standard InChI is InChI=1S/C11H13Cl2NO2.C11H12ClNO2.C11H14ClNO.C10H17NO3.C9H10ClNO2.C9H12ClNO.C6H15N.C4H6O4.C4H8O.C2H3BO2.C2H2Cl2O.3CH4.2Na.H/c12-6-11(16)14-10(7-15)5-8-1-3-9(13)4-2-8;12-9-3-1-8(2-4-9)5-10-6-15-7-11(14)13-10;12-10-3-1-9(2-4-10)7-11-8-14-6-5-13-11;1-10(2,3)14-9(13)11-6-4-8(12)5-7-11;10-7-3-1-6(2-4-7)5-8(11)9(12)13;10-8-3-1-7(2-4-8)5-9(11)6-12;1-4-7(5-2)6-3;1-3(5)7-8-4(2)6;1-2-4-5-3-1;1-2(4)5-3;3-1-2(4)5;;;;;;/h1-4,10,15H,5-7H2,(H,14,16);1-4,10H,5-7H2,(H,13,14);1-4,11,13H,5-8H2;4-7H2,1-3H3;1-4,8H,5,11H2,(H,12,13);1-4,9,12H,5-6,11H2;4-6H2,1-3H3;1-2H3;1-4H2;1H3;1H2;3*1H4;;;/q;;;;;;;;;-1;;;;;2*+1;-1. The molecule has 0 saturated carbocycles. The number of carboxylic acids is 1. The Morgan fingerprint density at radius 1 is 0.597 bits per heavy atom. The number of likely N-dealkylation sites (tertiary alicyclic amines) is 1. The number of benzene rings is 5. The van der Waals surface area contributed by atoms with Crippen molar-refractivity contribution in [1.29, 1.82) is 0 Å². The van der Waals surface area contributed by atoms with Gasteiger partial charge in [0.2, 0.25) is 23.0 Å². The number of nitrogens with zero attached hydrogens (tertiary/aromatic N) is 2. The molecule has 119 heavy (non-hydrogen) atoms. The molecule has 5 atom stereocenters. The first-order valence-corrected chi connectivity index (χ1v) is 39.8. The number of amides is 3. The Balaban J connectivity index is -0.000000194. The SMILES string of the molecule is C.C.C.C1CCOC1.CC(=O)OOC(C)=O.CC(C)(C)OC(=O)N1CCC(=O)CC1.CCN(CC)CC.Clc1ccc(CC2COCCN2)cc1.NC(CO)Cc1ccc(Cl)cc1.NC(Cc1ccc(Cl)cc1)C(=O)O.O=C(CCl)NC(CO)Cc1ccc(Cl)cc1.O=C(Cl)CCl.O=C1COCC(Cc2ccc(Cl)cc2)N1.[B-]OC(C)=O.[H-].[Na+].[Na+]. The third-order valence-electron chi connectivity index (χ3n) is 14.8. The molecule has 3 radical (unpaired) electrons. The average Bonchev–Trinajstić information content (AvgIpc) is 0.939. The molecule has 37 heteroatoms. The zero-order valence-electron chi connectivity index (χ0n) is 69.1. The van der Waals surface area contributed by atoms with Gasteiger partial charge < -0.3 is 85.6 Å². The number of Topliss-reactive ketones (excluding diaryl/α,β-unsaturated/α-hetero) is 1. The summed E-state index contributed by atoms with van der Waals surface area (Å²) in [4.78, 5) is 105. The summed E-state index contributed by atoms with van der Waals surface area (Å²) in [5.74, 6) is -3.03. The van der Waals surface area contributed by atoms with E-state index in [2.05, 4.69) is 76.2 Å². The maximum absolute atomic E-state index is 11.5. The molecule has 10 N–H and O–H groups in total. The van der Waals surface area contributed by atoms with Crippen LogP contribution in [0, 0.1) is 0 Å². The second-order valence-electron chi connectivity index (χ2n) is 25.8. The number of aliphatic hydroxyl groups excluding tert-OH is 2. The van der Waals surface area contributed by atoms with Crippen molar-refractivity contribution < 1.29 is 152 Å². The van der Waals surface area contributed by atoms with Crippen molar-refractivity contribution in [1.82, 2.24) is 25.8 Å². The fraction of sp³-hybridized carbons (Fsp3) is 0.524. The average molecular weight is 1850 g/mol. The van der Waals surface area contributed by atoms with Crippen LogP contribution in [-0.2, 0) is 104 Å². The number of aliphatic hydroxyl groups is 2. The first-order valence-electron chi connectivity index (χ1n) is 36.4. The van der Waals surface area contributed by atoms with Gasteiger partial charge in [0, 0.05) is 104 Å². The van der Waals surface area contributed by atoms with E-state index in [1.807, 2.05) is 93.6 Å². The van der Waals surface area contributed by atoms with E-state index in [-0.39, 0.29) is 156 Å². The second-order valence-corrected chi connectivity index (χ2v) is 29.0. The monoisotopic (exact) mass is 1850 g/mol. The van der Waals surface area contributed by atoms with Gasteiger partial charge in [-0.1, -0.05) is 162 Å². The number of ether oxygens (including phenoxy) is 4. The Labute approximate surface area is 792 Å². The van der Waals surface area contributed by atoms with Crippen LogP contribution in [0.1, 0.15) is 140 Å². The number of morpholine rings is 2. The molecule has 5 aromatic carbocycles. The Morgan fingerprint density at radius 2 is 0.975 bits per heavy atom. The molecule has 5 unspecified atom stereocenters. The van der Waals surface area contributed by atoms with Crippen LogP contribution in [0.3, 0.4) is 0 Å². The van der Waals surface area contributed by atoms with Gasteiger partial charge in [0.15, 0.2) is 0 Å². The quantitative estimate of drug-likeness (QED) is 0.0129. The van der Waals surface area contributed by atoms with Gasteiger partial charge in [0.05, 0.1) is 51.0 Å². The second kappa shape index (κ2) is 79.5. The van der Waals surface area contributed by atoms with E-state index in [9.17, 15) is 43.2 Å². The number of aliphatic carboxylic acids is 1. The number of carboxylic acid groups (broad SMARTS) is 1. The fourth-order valence-corrected chi connectivity index (χ4v) is 9.83. The number of carbonyl (C=O) groups is 9. The zero-order chi connectivity index (χ0) is 86.4. The van der Waals surface area contributed by atoms with Crippen LogP contribution < -0.4 is 86.5 Å². The van der Waals surface area contributed by atoms with Crippen molar-refractivity contribution in [3.8, 4) is 0 Å². The fourth-order valence-electron chi connectivity index (χ4n) is 9.12. The number of ketones is 1. The van der Waals surface area contributed by atoms with Gasteiger partial charge in [-0.15, -0.1) is 23.2 Å².